The number of nitro benzene ring substituents is 1. The highest BCUT2D eigenvalue weighted by Crippen LogP contribution is 2.30. The summed E-state index contributed by atoms with van der Waals surface area (Å²) in [6, 6.07) is 10.3. The molecule has 0 bridgehead atoms. The van der Waals surface area contributed by atoms with Crippen LogP contribution in [0.15, 0.2) is 48.7 Å². The minimum Gasteiger partial charge on any atom is -0.505 e. The van der Waals surface area contributed by atoms with Crippen molar-refractivity contribution in [1.82, 2.24) is 4.98 Å². The molecule has 0 unspecified atom stereocenters. The van der Waals surface area contributed by atoms with Crippen molar-refractivity contribution in [2.24, 2.45) is 0 Å². The van der Waals surface area contributed by atoms with Crippen molar-refractivity contribution in [3.8, 4) is 5.75 Å². The lowest BCUT2D eigenvalue weighted by atomic mass is 10.1. The highest BCUT2D eigenvalue weighted by Gasteiger charge is 2.17. The van der Waals surface area contributed by atoms with Gasteiger partial charge in [-0.3, -0.25) is 19.9 Å². The quantitative estimate of drug-likeness (QED) is 0.556. The Morgan fingerprint density at radius 2 is 2.04 bits per heavy atom. The van der Waals surface area contributed by atoms with Crippen LogP contribution in [0.4, 0.5) is 11.4 Å². The number of aromatic hydroxyl groups is 1. The van der Waals surface area contributed by atoms with Crippen LogP contribution in [-0.2, 0) is 0 Å². The third kappa shape index (κ3) is 2.84. The summed E-state index contributed by atoms with van der Waals surface area (Å²) in [7, 11) is 0. The van der Waals surface area contributed by atoms with Gasteiger partial charge in [-0.2, -0.15) is 0 Å². The maximum absolute atomic E-state index is 12.4. The van der Waals surface area contributed by atoms with Crippen molar-refractivity contribution in [3.63, 3.8) is 0 Å². The molecule has 1 aromatic heterocycles. The predicted molar refractivity (Wildman–Crippen MR) is 89.5 cm³/mol. The zero-order chi connectivity index (χ0) is 17.3. The number of phenolic OH excluding ortho intramolecular Hbond substituents is 1. The standard InChI is InChI=1S/C16H10ClN3O4/c17-12-8-10(20(23)24)4-6-13(12)19-16(22)11-5-3-9-2-1-7-18-14(9)15(11)21/h1-8,21H,(H,19,22). The molecule has 1 amide bonds. The number of carbonyl (C=O) groups excluding carboxylic acids is 1. The van der Waals surface area contributed by atoms with Gasteiger partial charge >= 0.3 is 0 Å². The zero-order valence-corrected chi connectivity index (χ0v) is 12.8. The fourth-order valence-corrected chi connectivity index (χ4v) is 2.44. The number of phenols is 1. The Labute approximate surface area is 140 Å². The summed E-state index contributed by atoms with van der Waals surface area (Å²) in [6.07, 6.45) is 1.51. The van der Waals surface area contributed by atoms with Gasteiger partial charge in [-0.25, -0.2) is 0 Å². The van der Waals surface area contributed by atoms with Gasteiger partial charge in [-0.05, 0) is 18.2 Å². The van der Waals surface area contributed by atoms with E-state index in [1.54, 1.807) is 18.2 Å². The van der Waals surface area contributed by atoms with Crippen molar-refractivity contribution in [1.29, 1.82) is 0 Å². The van der Waals surface area contributed by atoms with E-state index in [-0.39, 0.29) is 27.7 Å². The smallest absolute Gasteiger partial charge is 0.271 e. The van der Waals surface area contributed by atoms with Crippen LogP contribution in [0, 0.1) is 10.1 Å². The first-order chi connectivity index (χ1) is 11.5. The molecule has 120 valence electrons. The number of benzene rings is 2. The van der Waals surface area contributed by atoms with Gasteiger partial charge in [-0.1, -0.05) is 23.7 Å². The Morgan fingerprint density at radius 1 is 1.25 bits per heavy atom. The molecule has 1 heterocycles. The number of carbonyl (C=O) groups is 1. The highest BCUT2D eigenvalue weighted by atomic mass is 35.5. The van der Waals surface area contributed by atoms with E-state index in [1.807, 2.05) is 0 Å². The summed E-state index contributed by atoms with van der Waals surface area (Å²) in [5.74, 6) is -0.848. The van der Waals surface area contributed by atoms with Crippen molar-refractivity contribution in [2.75, 3.05) is 5.32 Å². The SMILES string of the molecule is O=C(Nc1ccc([N+](=O)[O-])cc1Cl)c1ccc2cccnc2c1O. The van der Waals surface area contributed by atoms with Crippen molar-refractivity contribution in [2.45, 2.75) is 0 Å². The van der Waals surface area contributed by atoms with Gasteiger partial charge < -0.3 is 10.4 Å². The third-order valence-electron chi connectivity index (χ3n) is 3.40. The molecule has 0 aliphatic heterocycles. The number of aromatic nitrogens is 1. The fraction of sp³-hybridized carbons (Fsp3) is 0. The van der Waals surface area contributed by atoms with E-state index in [9.17, 15) is 20.0 Å². The monoisotopic (exact) mass is 343 g/mol. The van der Waals surface area contributed by atoms with Crippen molar-refractivity contribution >= 4 is 39.8 Å². The molecule has 0 fully saturated rings. The second-order valence-electron chi connectivity index (χ2n) is 4.91. The maximum atomic E-state index is 12.4. The lowest BCUT2D eigenvalue weighted by Crippen LogP contribution is -2.12. The van der Waals surface area contributed by atoms with Crippen molar-refractivity contribution in [3.05, 3.63) is 69.4 Å². The number of hydrogen-bond donors (Lipinski definition) is 2. The predicted octanol–water partition coefficient (Wildman–Crippen LogP) is 3.75. The van der Waals surface area contributed by atoms with Crippen LogP contribution < -0.4 is 5.32 Å². The second kappa shape index (κ2) is 6.13. The van der Waals surface area contributed by atoms with Crippen LogP contribution in [-0.4, -0.2) is 20.9 Å². The molecule has 7 nitrogen and oxygen atoms in total. The van der Waals surface area contributed by atoms with Crippen molar-refractivity contribution < 1.29 is 14.8 Å². The Balaban J connectivity index is 1.93. The fourth-order valence-electron chi connectivity index (χ4n) is 2.22. The number of pyridine rings is 1. The normalized spacial score (nSPS) is 10.5. The van der Waals surface area contributed by atoms with Gasteiger partial charge in [-0.15, -0.1) is 0 Å². The molecule has 0 radical (unpaired) electrons. The number of halogens is 1. The van der Waals surface area contributed by atoms with Gasteiger partial charge in [0.25, 0.3) is 11.6 Å². The first kappa shape index (κ1) is 15.7. The van der Waals surface area contributed by atoms with Gasteiger partial charge in [0.05, 0.1) is 21.2 Å². The molecular formula is C16H10ClN3O4. The van der Waals surface area contributed by atoms with Crippen LogP contribution in [0.3, 0.4) is 0 Å². The zero-order valence-electron chi connectivity index (χ0n) is 12.1. The molecule has 0 saturated carbocycles. The Kier molecular flexibility index (Phi) is 4.01. The summed E-state index contributed by atoms with van der Waals surface area (Å²) >= 11 is 5.95. The Bertz CT molecular complexity index is 975. The summed E-state index contributed by atoms with van der Waals surface area (Å²) in [5.41, 5.74) is 0.346. The van der Waals surface area contributed by atoms with Crippen LogP contribution in [0.25, 0.3) is 10.9 Å². The highest BCUT2D eigenvalue weighted by molar-refractivity contribution is 6.34. The van der Waals surface area contributed by atoms with Crippen LogP contribution in [0.2, 0.25) is 5.02 Å². The van der Waals surface area contributed by atoms with E-state index < -0.39 is 10.8 Å². The molecule has 3 rings (SSSR count). The Morgan fingerprint density at radius 3 is 2.75 bits per heavy atom. The molecule has 2 N–H and O–H groups in total. The van der Waals surface area contributed by atoms with Crippen LogP contribution in [0.5, 0.6) is 5.75 Å². The second-order valence-corrected chi connectivity index (χ2v) is 5.32. The summed E-state index contributed by atoms with van der Waals surface area (Å²) < 4.78 is 0. The maximum Gasteiger partial charge on any atom is 0.271 e. The average Bonchev–Trinajstić information content (AvgIpc) is 2.57. The molecule has 0 atom stereocenters. The van der Waals surface area contributed by atoms with E-state index >= 15 is 0 Å². The number of nitrogens with zero attached hydrogens (tertiary/aromatic N) is 2. The lowest BCUT2D eigenvalue weighted by Gasteiger charge is -2.09. The average molecular weight is 344 g/mol. The van der Waals surface area contributed by atoms with E-state index in [0.29, 0.717) is 10.9 Å². The van der Waals surface area contributed by atoms with Crippen LogP contribution in [0.1, 0.15) is 10.4 Å². The number of anilines is 1. The van der Waals surface area contributed by atoms with E-state index in [0.717, 1.165) is 6.07 Å². The molecule has 0 spiro atoms. The Hall–Kier alpha value is -3.19. The van der Waals surface area contributed by atoms with E-state index in [2.05, 4.69) is 10.3 Å². The molecule has 24 heavy (non-hydrogen) atoms. The van der Waals surface area contributed by atoms with Gasteiger partial charge in [0, 0.05) is 23.7 Å². The summed E-state index contributed by atoms with van der Waals surface area (Å²) in [5, 5.41) is 24.2. The van der Waals surface area contributed by atoms with E-state index in [1.165, 1.54) is 24.4 Å². The first-order valence-corrected chi connectivity index (χ1v) is 7.17. The number of hydrogen-bond acceptors (Lipinski definition) is 5. The molecule has 2 aromatic carbocycles. The molecule has 8 heteroatoms. The van der Waals surface area contributed by atoms with Gasteiger partial charge in [0.1, 0.15) is 5.52 Å². The third-order valence-corrected chi connectivity index (χ3v) is 3.72. The molecule has 0 aliphatic carbocycles. The number of amides is 1. The summed E-state index contributed by atoms with van der Waals surface area (Å²) in [4.78, 5) is 26.5. The number of nitrogens with one attached hydrogen (secondary N) is 1. The topological polar surface area (TPSA) is 105 Å². The number of nitro groups is 1. The molecule has 3 aromatic rings. The van der Waals surface area contributed by atoms with Gasteiger partial charge in [0.15, 0.2) is 5.75 Å². The first-order valence-electron chi connectivity index (χ1n) is 6.79. The molecule has 0 saturated heterocycles. The summed E-state index contributed by atoms with van der Waals surface area (Å²) in [6.45, 7) is 0. The minimum atomic E-state index is -0.601. The number of non-ortho nitro benzene ring substituents is 1. The number of fused-ring (bicyclic) bond motifs is 1. The van der Waals surface area contributed by atoms with E-state index in [4.69, 9.17) is 11.6 Å². The molecule has 0 aliphatic rings. The lowest BCUT2D eigenvalue weighted by molar-refractivity contribution is -0.384. The molecular weight excluding hydrogens is 334 g/mol. The largest absolute Gasteiger partial charge is 0.505 e. The number of rotatable bonds is 3. The minimum absolute atomic E-state index is 0.0237. The van der Waals surface area contributed by atoms with Crippen LogP contribution >= 0.6 is 11.6 Å². The van der Waals surface area contributed by atoms with Gasteiger partial charge in [0.2, 0.25) is 0 Å².